The predicted molar refractivity (Wildman–Crippen MR) is 212 cm³/mol. The number of unbranched alkanes of at least 4 members (excludes halogenated alkanes) is 11. The van der Waals surface area contributed by atoms with E-state index in [1.807, 2.05) is 0 Å². The number of ether oxygens (including phenoxy) is 2. The number of carboxylic acids is 1. The van der Waals surface area contributed by atoms with E-state index in [4.69, 9.17) is 9.47 Å². The topological polar surface area (TPSA) is 148 Å². The average Bonchev–Trinajstić information content (AvgIpc) is 3.16. The quantitative estimate of drug-likeness (QED) is 0.0444. The van der Waals surface area contributed by atoms with Crippen molar-refractivity contribution in [3.05, 3.63) is 83.9 Å². The molecule has 3 atom stereocenters. The number of rotatable bonds is 28. The molecule has 0 aromatic heterocycles. The summed E-state index contributed by atoms with van der Waals surface area (Å²) in [6, 6.07) is 14.8. The van der Waals surface area contributed by atoms with E-state index in [0.717, 1.165) is 38.5 Å². The zero-order valence-electron chi connectivity index (χ0n) is 33.0. The molecule has 3 N–H and O–H groups in total. The molecule has 3 unspecified atom stereocenters. The fourth-order valence-corrected chi connectivity index (χ4v) is 6.16. The van der Waals surface area contributed by atoms with Gasteiger partial charge in [0.1, 0.15) is 6.61 Å². The Hall–Kier alpha value is -4.47. The highest BCUT2D eigenvalue weighted by Gasteiger charge is 2.42. The van der Waals surface area contributed by atoms with E-state index in [2.05, 4.69) is 29.7 Å². The van der Waals surface area contributed by atoms with Crippen LogP contribution in [-0.4, -0.2) is 59.6 Å². The Morgan fingerprint density at radius 1 is 0.685 bits per heavy atom. The minimum Gasteiger partial charge on any atom is -0.481 e. The van der Waals surface area contributed by atoms with Crippen molar-refractivity contribution in [2.24, 2.45) is 5.41 Å². The summed E-state index contributed by atoms with van der Waals surface area (Å²) in [5.74, 6) is -3.53. The largest absolute Gasteiger partial charge is 0.481 e. The molecule has 0 aliphatic rings. The maximum atomic E-state index is 14.0. The lowest BCUT2D eigenvalue weighted by Crippen LogP contribution is -2.57. The molecule has 0 radical (unpaired) electrons. The highest BCUT2D eigenvalue weighted by molar-refractivity contribution is 5.93. The van der Waals surface area contributed by atoms with Gasteiger partial charge >= 0.3 is 17.9 Å². The normalized spacial score (nSPS) is 13.1. The molecule has 2 rings (SSSR count). The van der Waals surface area contributed by atoms with Crippen molar-refractivity contribution in [2.75, 3.05) is 6.61 Å². The lowest BCUT2D eigenvalue weighted by Gasteiger charge is -2.34. The third-order valence-electron chi connectivity index (χ3n) is 9.43. The minimum atomic E-state index is -1.48. The van der Waals surface area contributed by atoms with Gasteiger partial charge in [0.05, 0.1) is 23.6 Å². The Morgan fingerprint density at radius 3 is 1.74 bits per heavy atom. The smallest absolute Gasteiger partial charge is 0.338 e. The Kier molecular flexibility index (Phi) is 22.3. The van der Waals surface area contributed by atoms with E-state index in [0.29, 0.717) is 24.8 Å². The molecule has 0 bridgehead atoms. The Morgan fingerprint density at radius 2 is 1.20 bits per heavy atom. The summed E-state index contributed by atoms with van der Waals surface area (Å²) in [4.78, 5) is 64.8. The number of aliphatic carboxylic acids is 1. The van der Waals surface area contributed by atoms with E-state index in [1.54, 1.807) is 81.4 Å². The molecule has 0 fully saturated rings. The van der Waals surface area contributed by atoms with Crippen LogP contribution in [0.4, 0.5) is 0 Å². The number of carbonyl (C=O) groups is 5. The Balaban J connectivity index is 1.96. The number of carboxylic acid groups (broad SMARTS) is 1. The van der Waals surface area contributed by atoms with Gasteiger partial charge in [-0.3, -0.25) is 14.4 Å². The van der Waals surface area contributed by atoms with Gasteiger partial charge in [0.15, 0.2) is 6.10 Å². The van der Waals surface area contributed by atoms with Gasteiger partial charge in [0.2, 0.25) is 5.91 Å². The first-order valence-corrected chi connectivity index (χ1v) is 19.9. The molecule has 298 valence electrons. The zero-order chi connectivity index (χ0) is 39.6. The second kappa shape index (κ2) is 26.3. The molecule has 0 heterocycles. The number of hydrogen-bond donors (Lipinski definition) is 3. The van der Waals surface area contributed by atoms with Crippen LogP contribution in [0.2, 0.25) is 0 Å². The SMILES string of the molecule is CCCCCCCC/C=C\CCCCCCCC(=O)NC(CC)C(CC(=O)O)NC(=O)C(OC(=O)c1ccccc1)C(C)(C)COC(=O)c1ccccc1. The summed E-state index contributed by atoms with van der Waals surface area (Å²) in [6.45, 7) is 6.99. The minimum absolute atomic E-state index is 0.212. The van der Waals surface area contributed by atoms with Crippen LogP contribution in [0.15, 0.2) is 72.8 Å². The van der Waals surface area contributed by atoms with Crippen molar-refractivity contribution in [1.82, 2.24) is 10.6 Å². The summed E-state index contributed by atoms with van der Waals surface area (Å²) >= 11 is 0. The molecule has 0 aliphatic heterocycles. The van der Waals surface area contributed by atoms with Crippen LogP contribution < -0.4 is 10.6 Å². The molecule has 10 heteroatoms. The van der Waals surface area contributed by atoms with Gasteiger partial charge < -0.3 is 25.2 Å². The Labute approximate surface area is 322 Å². The highest BCUT2D eigenvalue weighted by Crippen LogP contribution is 2.27. The molecule has 0 saturated heterocycles. The predicted octanol–water partition coefficient (Wildman–Crippen LogP) is 8.99. The van der Waals surface area contributed by atoms with Gasteiger partial charge in [-0.15, -0.1) is 0 Å². The molecule has 0 aliphatic carbocycles. The van der Waals surface area contributed by atoms with Crippen molar-refractivity contribution in [1.29, 1.82) is 0 Å². The standard InChI is InChI=1S/C44H64N2O8/c1-5-7-8-9-10-11-12-13-14-15-16-17-18-19-26-31-38(47)45-36(6-2)37(32-39(48)49)46-41(50)40(54-43(52)35-29-24-21-25-30-35)44(3,4)33-53-42(51)34-27-22-20-23-28-34/h13-14,20-25,27-30,36-37,40H,5-12,15-19,26,31-33H2,1-4H3,(H,45,47)(H,46,50)(H,48,49)/b14-13-. The molecule has 2 amide bonds. The van der Waals surface area contributed by atoms with E-state index < -0.39 is 53.8 Å². The zero-order valence-corrected chi connectivity index (χ0v) is 33.0. The first-order chi connectivity index (χ1) is 26.0. The maximum absolute atomic E-state index is 14.0. The number of benzene rings is 2. The van der Waals surface area contributed by atoms with Crippen molar-refractivity contribution in [2.45, 2.75) is 149 Å². The van der Waals surface area contributed by atoms with E-state index in [9.17, 15) is 29.1 Å². The molecule has 0 spiro atoms. The molecule has 54 heavy (non-hydrogen) atoms. The molecule has 0 saturated carbocycles. The molecular weight excluding hydrogens is 684 g/mol. The van der Waals surface area contributed by atoms with Gasteiger partial charge in [-0.05, 0) is 62.8 Å². The second-order valence-corrected chi connectivity index (χ2v) is 14.7. The van der Waals surface area contributed by atoms with Crippen LogP contribution in [0.5, 0.6) is 0 Å². The van der Waals surface area contributed by atoms with Crippen LogP contribution >= 0.6 is 0 Å². The molecule has 2 aromatic carbocycles. The monoisotopic (exact) mass is 748 g/mol. The van der Waals surface area contributed by atoms with Crippen molar-refractivity contribution in [3.63, 3.8) is 0 Å². The maximum Gasteiger partial charge on any atom is 0.338 e. The summed E-state index contributed by atoms with van der Waals surface area (Å²) in [5, 5.41) is 15.4. The summed E-state index contributed by atoms with van der Waals surface area (Å²) in [6.07, 6.45) is 18.3. The first-order valence-electron chi connectivity index (χ1n) is 19.9. The molecule has 10 nitrogen and oxygen atoms in total. The summed E-state index contributed by atoms with van der Waals surface area (Å²) in [7, 11) is 0. The number of allylic oxidation sites excluding steroid dienone is 2. The van der Waals surface area contributed by atoms with E-state index >= 15 is 0 Å². The third-order valence-corrected chi connectivity index (χ3v) is 9.43. The molecule has 2 aromatic rings. The lowest BCUT2D eigenvalue weighted by molar-refractivity contribution is -0.142. The van der Waals surface area contributed by atoms with Crippen molar-refractivity contribution in [3.8, 4) is 0 Å². The number of nitrogens with one attached hydrogen (secondary N) is 2. The summed E-state index contributed by atoms with van der Waals surface area (Å²) < 4.78 is 11.3. The lowest BCUT2D eigenvalue weighted by atomic mass is 9.86. The van der Waals surface area contributed by atoms with Crippen LogP contribution in [0, 0.1) is 5.41 Å². The fraction of sp³-hybridized carbons (Fsp3) is 0.568. The molecular formula is C44H64N2O8. The first kappa shape index (κ1) is 45.7. The van der Waals surface area contributed by atoms with Gasteiger partial charge in [-0.2, -0.15) is 0 Å². The number of carbonyl (C=O) groups excluding carboxylic acids is 4. The second-order valence-electron chi connectivity index (χ2n) is 14.7. The van der Waals surface area contributed by atoms with Crippen LogP contribution in [0.1, 0.15) is 151 Å². The highest BCUT2D eigenvalue weighted by atomic mass is 16.6. The van der Waals surface area contributed by atoms with Crippen LogP contribution in [0.25, 0.3) is 0 Å². The Bertz CT molecular complexity index is 1430. The summed E-state index contributed by atoms with van der Waals surface area (Å²) in [5.41, 5.74) is -0.703. The van der Waals surface area contributed by atoms with Crippen molar-refractivity contribution < 1.29 is 38.6 Å². The van der Waals surface area contributed by atoms with Gasteiger partial charge in [0, 0.05) is 17.9 Å². The van der Waals surface area contributed by atoms with E-state index in [1.165, 1.54) is 38.5 Å². The van der Waals surface area contributed by atoms with Gasteiger partial charge in [-0.1, -0.05) is 128 Å². The van der Waals surface area contributed by atoms with Crippen LogP contribution in [-0.2, 0) is 23.9 Å². The fourth-order valence-electron chi connectivity index (χ4n) is 6.16. The van der Waals surface area contributed by atoms with Gasteiger partial charge in [-0.25, -0.2) is 9.59 Å². The number of hydrogen-bond acceptors (Lipinski definition) is 7. The van der Waals surface area contributed by atoms with Crippen molar-refractivity contribution >= 4 is 29.7 Å². The van der Waals surface area contributed by atoms with Crippen LogP contribution in [0.3, 0.4) is 0 Å². The average molecular weight is 749 g/mol. The van der Waals surface area contributed by atoms with Gasteiger partial charge in [0.25, 0.3) is 5.91 Å². The third kappa shape index (κ3) is 18.5. The number of esters is 2. The number of amides is 2. The van der Waals surface area contributed by atoms with E-state index in [-0.39, 0.29) is 18.1 Å².